The third kappa shape index (κ3) is 2.78. The fourth-order valence-electron chi connectivity index (χ4n) is 2.94. The van der Waals surface area contributed by atoms with Gasteiger partial charge in [-0.05, 0) is 35.9 Å². The van der Waals surface area contributed by atoms with Crippen molar-refractivity contribution in [3.8, 4) is 11.5 Å². The van der Waals surface area contributed by atoms with E-state index in [1.807, 2.05) is 0 Å². The van der Waals surface area contributed by atoms with Crippen molar-refractivity contribution in [1.29, 1.82) is 0 Å². The standard InChI is InChI=1S/C17H16N2O5S/c1-19-14-4-2-12(8-11(14)9-17(19)20)18-25(21,22)13-3-5-15-16(10-13)24-7-6-23-15/h2-5,8,10,18H,6-7,9H2,1H3. The van der Waals surface area contributed by atoms with Crippen LogP contribution in [-0.2, 0) is 21.2 Å². The zero-order chi connectivity index (χ0) is 17.6. The minimum atomic E-state index is -3.78. The van der Waals surface area contributed by atoms with Gasteiger partial charge in [0.1, 0.15) is 13.2 Å². The van der Waals surface area contributed by atoms with Crippen LogP contribution < -0.4 is 19.1 Å². The Morgan fingerprint density at radius 1 is 1.04 bits per heavy atom. The highest BCUT2D eigenvalue weighted by Crippen LogP contribution is 2.34. The number of nitrogens with zero attached hydrogens (tertiary/aromatic N) is 1. The van der Waals surface area contributed by atoms with E-state index in [2.05, 4.69) is 4.72 Å². The van der Waals surface area contributed by atoms with Crippen molar-refractivity contribution < 1.29 is 22.7 Å². The van der Waals surface area contributed by atoms with Crippen LogP contribution in [0.25, 0.3) is 0 Å². The Bertz CT molecular complexity index is 971. The van der Waals surface area contributed by atoms with Crippen LogP contribution in [0.1, 0.15) is 5.56 Å². The molecule has 0 aliphatic carbocycles. The Hall–Kier alpha value is -2.74. The zero-order valence-electron chi connectivity index (χ0n) is 13.5. The van der Waals surface area contributed by atoms with E-state index in [1.54, 1.807) is 36.2 Å². The van der Waals surface area contributed by atoms with Gasteiger partial charge in [-0.2, -0.15) is 0 Å². The van der Waals surface area contributed by atoms with Crippen LogP contribution in [0.2, 0.25) is 0 Å². The molecule has 2 aliphatic heterocycles. The topological polar surface area (TPSA) is 84.9 Å². The van der Waals surface area contributed by atoms with E-state index < -0.39 is 10.0 Å². The van der Waals surface area contributed by atoms with Gasteiger partial charge in [-0.1, -0.05) is 0 Å². The summed E-state index contributed by atoms with van der Waals surface area (Å²) < 4.78 is 38.6. The highest BCUT2D eigenvalue weighted by molar-refractivity contribution is 7.92. The number of fused-ring (bicyclic) bond motifs is 2. The number of rotatable bonds is 3. The molecule has 2 aromatic rings. The van der Waals surface area contributed by atoms with Crippen LogP contribution in [0, 0.1) is 0 Å². The minimum absolute atomic E-state index is 0.0122. The molecule has 2 heterocycles. The fourth-order valence-corrected chi connectivity index (χ4v) is 4.00. The summed E-state index contributed by atoms with van der Waals surface area (Å²) in [7, 11) is -2.07. The lowest BCUT2D eigenvalue weighted by Crippen LogP contribution is -2.20. The van der Waals surface area contributed by atoms with Crippen LogP contribution in [0.5, 0.6) is 11.5 Å². The van der Waals surface area contributed by atoms with Crippen LogP contribution in [0.15, 0.2) is 41.3 Å². The van der Waals surface area contributed by atoms with Gasteiger partial charge in [-0.3, -0.25) is 9.52 Å². The Kier molecular flexibility index (Phi) is 3.57. The van der Waals surface area contributed by atoms with E-state index in [4.69, 9.17) is 9.47 Å². The van der Waals surface area contributed by atoms with Gasteiger partial charge in [0.05, 0.1) is 11.3 Å². The molecule has 0 fully saturated rings. The van der Waals surface area contributed by atoms with E-state index in [0.717, 1.165) is 11.3 Å². The van der Waals surface area contributed by atoms with Gasteiger partial charge in [0.15, 0.2) is 11.5 Å². The molecule has 0 unspecified atom stereocenters. The largest absolute Gasteiger partial charge is 0.486 e. The van der Waals surface area contributed by atoms with E-state index >= 15 is 0 Å². The maximum absolute atomic E-state index is 12.6. The predicted molar refractivity (Wildman–Crippen MR) is 91.8 cm³/mol. The third-order valence-electron chi connectivity index (χ3n) is 4.23. The van der Waals surface area contributed by atoms with E-state index in [-0.39, 0.29) is 17.2 Å². The third-order valence-corrected chi connectivity index (χ3v) is 5.61. The van der Waals surface area contributed by atoms with Crippen molar-refractivity contribution >= 4 is 27.3 Å². The van der Waals surface area contributed by atoms with E-state index in [9.17, 15) is 13.2 Å². The summed E-state index contributed by atoms with van der Waals surface area (Å²) in [6.07, 6.45) is 0.269. The summed E-state index contributed by atoms with van der Waals surface area (Å²) in [6, 6.07) is 9.57. The number of hydrogen-bond donors (Lipinski definition) is 1. The number of carbonyl (C=O) groups excluding carboxylic acids is 1. The molecule has 0 bridgehead atoms. The maximum Gasteiger partial charge on any atom is 0.262 e. The van der Waals surface area contributed by atoms with Crippen molar-refractivity contribution in [2.45, 2.75) is 11.3 Å². The molecule has 1 amide bonds. The van der Waals surface area contributed by atoms with E-state index in [1.165, 1.54) is 12.1 Å². The molecule has 0 aromatic heterocycles. The molecule has 130 valence electrons. The number of benzene rings is 2. The number of ether oxygens (including phenoxy) is 2. The number of anilines is 2. The number of hydrogen-bond acceptors (Lipinski definition) is 5. The molecule has 8 heteroatoms. The summed E-state index contributed by atoms with van der Waals surface area (Å²) in [6.45, 7) is 0.829. The summed E-state index contributed by atoms with van der Waals surface area (Å²) >= 11 is 0. The van der Waals surface area contributed by atoms with Crippen molar-refractivity contribution in [2.75, 3.05) is 29.9 Å². The predicted octanol–water partition coefficient (Wildman–Crippen LogP) is 1.78. The zero-order valence-corrected chi connectivity index (χ0v) is 14.3. The molecular formula is C17H16N2O5S. The summed E-state index contributed by atoms with van der Waals surface area (Å²) in [4.78, 5) is 13.4. The monoisotopic (exact) mass is 360 g/mol. The number of likely N-dealkylation sites (N-methyl/N-ethyl adjacent to an activating group) is 1. The Labute approximate surface area is 145 Å². The molecule has 0 radical (unpaired) electrons. The highest BCUT2D eigenvalue weighted by atomic mass is 32.2. The lowest BCUT2D eigenvalue weighted by atomic mass is 10.1. The SMILES string of the molecule is CN1C(=O)Cc2cc(NS(=O)(=O)c3ccc4c(c3)OCCO4)ccc21. The Balaban J connectivity index is 1.62. The number of sulfonamides is 1. The summed E-state index contributed by atoms with van der Waals surface area (Å²) in [5.74, 6) is 0.932. The number of nitrogens with one attached hydrogen (secondary N) is 1. The smallest absolute Gasteiger partial charge is 0.262 e. The van der Waals surface area contributed by atoms with Gasteiger partial charge < -0.3 is 14.4 Å². The van der Waals surface area contributed by atoms with Gasteiger partial charge in [0, 0.05) is 24.5 Å². The van der Waals surface area contributed by atoms with Crippen molar-refractivity contribution in [2.24, 2.45) is 0 Å². The molecular weight excluding hydrogens is 344 g/mol. The van der Waals surface area contributed by atoms with Crippen molar-refractivity contribution in [3.63, 3.8) is 0 Å². The van der Waals surface area contributed by atoms with Gasteiger partial charge in [-0.15, -0.1) is 0 Å². The van der Waals surface area contributed by atoms with E-state index in [0.29, 0.717) is 30.4 Å². The molecule has 4 rings (SSSR count). The van der Waals surface area contributed by atoms with Crippen LogP contribution >= 0.6 is 0 Å². The summed E-state index contributed by atoms with van der Waals surface area (Å²) in [5.41, 5.74) is 2.01. The molecule has 2 aliphatic rings. The van der Waals surface area contributed by atoms with Crippen molar-refractivity contribution in [1.82, 2.24) is 0 Å². The van der Waals surface area contributed by atoms with Gasteiger partial charge in [0.2, 0.25) is 5.91 Å². The first-order valence-electron chi connectivity index (χ1n) is 7.76. The highest BCUT2D eigenvalue weighted by Gasteiger charge is 2.25. The maximum atomic E-state index is 12.6. The first-order chi connectivity index (χ1) is 11.9. The van der Waals surface area contributed by atoms with Crippen LogP contribution in [0.4, 0.5) is 11.4 Å². The normalized spacial score (nSPS) is 15.9. The lowest BCUT2D eigenvalue weighted by Gasteiger charge is -2.19. The Morgan fingerprint density at radius 3 is 2.60 bits per heavy atom. The quantitative estimate of drug-likeness (QED) is 0.902. The average molecular weight is 360 g/mol. The molecule has 1 N–H and O–H groups in total. The summed E-state index contributed by atoms with van der Waals surface area (Å²) in [5, 5.41) is 0. The second kappa shape index (κ2) is 5.66. The van der Waals surface area contributed by atoms with Crippen molar-refractivity contribution in [3.05, 3.63) is 42.0 Å². The average Bonchev–Trinajstić information content (AvgIpc) is 2.88. The first kappa shape index (κ1) is 15.8. The van der Waals surface area contributed by atoms with Crippen LogP contribution in [-0.4, -0.2) is 34.6 Å². The van der Waals surface area contributed by atoms with Gasteiger partial charge in [-0.25, -0.2) is 8.42 Å². The lowest BCUT2D eigenvalue weighted by molar-refractivity contribution is -0.117. The Morgan fingerprint density at radius 2 is 1.80 bits per heavy atom. The van der Waals surface area contributed by atoms with Crippen LogP contribution in [0.3, 0.4) is 0 Å². The molecule has 0 saturated carbocycles. The number of carbonyl (C=O) groups is 1. The second-order valence-electron chi connectivity index (χ2n) is 5.88. The van der Waals surface area contributed by atoms with Gasteiger partial charge in [0.25, 0.3) is 10.0 Å². The fraction of sp³-hybridized carbons (Fsp3) is 0.235. The number of amides is 1. The molecule has 7 nitrogen and oxygen atoms in total. The molecule has 2 aromatic carbocycles. The van der Waals surface area contributed by atoms with Gasteiger partial charge >= 0.3 is 0 Å². The first-order valence-corrected chi connectivity index (χ1v) is 9.24. The molecule has 0 atom stereocenters. The molecule has 0 saturated heterocycles. The minimum Gasteiger partial charge on any atom is -0.486 e. The second-order valence-corrected chi connectivity index (χ2v) is 7.57. The molecule has 25 heavy (non-hydrogen) atoms. The molecule has 0 spiro atoms.